The Morgan fingerprint density at radius 3 is 2.83 bits per heavy atom. The van der Waals surface area contributed by atoms with Crippen molar-refractivity contribution in [3.63, 3.8) is 0 Å². The van der Waals surface area contributed by atoms with Gasteiger partial charge in [-0.25, -0.2) is 4.39 Å². The van der Waals surface area contributed by atoms with Crippen LogP contribution in [0.4, 0.5) is 10.1 Å². The van der Waals surface area contributed by atoms with Crippen LogP contribution in [0.1, 0.15) is 11.1 Å². The lowest BCUT2D eigenvalue weighted by atomic mass is 10.1. The molecule has 1 aromatic heterocycles. The second-order valence-corrected chi connectivity index (χ2v) is 5.23. The number of fused-ring (bicyclic) bond motifs is 1. The van der Waals surface area contributed by atoms with E-state index in [1.807, 2.05) is 30.3 Å². The molecule has 0 saturated heterocycles. The molecular weight excluding hydrogens is 291 g/mol. The molecule has 3 rings (SSSR count). The maximum Gasteiger partial charge on any atom is 0.248 e. The fraction of sp³-hybridized carbons (Fsp3) is 0.0526. The van der Waals surface area contributed by atoms with Gasteiger partial charge in [0.1, 0.15) is 5.82 Å². The van der Waals surface area contributed by atoms with Crippen molar-refractivity contribution in [2.24, 2.45) is 0 Å². The molecule has 0 bridgehead atoms. The number of anilines is 1. The van der Waals surface area contributed by atoms with Gasteiger partial charge in [-0.2, -0.15) is 0 Å². The van der Waals surface area contributed by atoms with Crippen LogP contribution in [0.5, 0.6) is 0 Å². The SMILES string of the molecule is Cc1ccc(NC(=O)/C=C/c2cccc3cccnc23)c(F)c1. The fourth-order valence-corrected chi connectivity index (χ4v) is 2.32. The van der Waals surface area contributed by atoms with Crippen LogP contribution in [0.2, 0.25) is 0 Å². The Labute approximate surface area is 133 Å². The van der Waals surface area contributed by atoms with Gasteiger partial charge < -0.3 is 5.32 Å². The van der Waals surface area contributed by atoms with Gasteiger partial charge >= 0.3 is 0 Å². The van der Waals surface area contributed by atoms with E-state index < -0.39 is 5.82 Å². The smallest absolute Gasteiger partial charge is 0.248 e. The molecule has 114 valence electrons. The number of halogens is 1. The van der Waals surface area contributed by atoms with Crippen LogP contribution in [-0.2, 0) is 4.79 Å². The van der Waals surface area contributed by atoms with Gasteiger partial charge in [-0.05, 0) is 36.8 Å². The zero-order chi connectivity index (χ0) is 16.2. The summed E-state index contributed by atoms with van der Waals surface area (Å²) >= 11 is 0. The van der Waals surface area contributed by atoms with Crippen LogP contribution in [-0.4, -0.2) is 10.9 Å². The summed E-state index contributed by atoms with van der Waals surface area (Å²) in [6.45, 7) is 1.79. The molecule has 3 aromatic rings. The molecule has 0 spiro atoms. The number of hydrogen-bond donors (Lipinski definition) is 1. The molecule has 0 fully saturated rings. The summed E-state index contributed by atoms with van der Waals surface area (Å²) in [6, 6.07) is 14.2. The molecule has 1 amide bonds. The Balaban J connectivity index is 1.80. The van der Waals surface area contributed by atoms with Crippen LogP contribution in [0.3, 0.4) is 0 Å². The van der Waals surface area contributed by atoms with E-state index in [2.05, 4.69) is 10.3 Å². The monoisotopic (exact) mass is 306 g/mol. The molecule has 1 N–H and O–H groups in total. The summed E-state index contributed by atoms with van der Waals surface area (Å²) in [5.74, 6) is -0.834. The predicted molar refractivity (Wildman–Crippen MR) is 90.5 cm³/mol. The Morgan fingerprint density at radius 1 is 1.17 bits per heavy atom. The zero-order valence-corrected chi connectivity index (χ0v) is 12.6. The van der Waals surface area contributed by atoms with E-state index >= 15 is 0 Å². The standard InChI is InChI=1S/C19H15FN2O/c1-13-7-9-17(16(20)12-13)22-18(23)10-8-15-5-2-4-14-6-3-11-21-19(14)15/h2-12H,1H3,(H,22,23)/b10-8+. The third-order valence-electron chi connectivity index (χ3n) is 3.46. The number of benzene rings is 2. The number of aryl methyl sites for hydroxylation is 1. The molecule has 0 aliphatic heterocycles. The molecule has 23 heavy (non-hydrogen) atoms. The molecule has 3 nitrogen and oxygen atoms in total. The molecule has 0 saturated carbocycles. The van der Waals surface area contributed by atoms with Crippen LogP contribution in [0.25, 0.3) is 17.0 Å². The van der Waals surface area contributed by atoms with Gasteiger partial charge in [0.25, 0.3) is 0 Å². The van der Waals surface area contributed by atoms with Crippen molar-refractivity contribution in [1.82, 2.24) is 4.98 Å². The minimum Gasteiger partial charge on any atom is -0.320 e. The number of rotatable bonds is 3. The average Bonchev–Trinajstić information content (AvgIpc) is 2.55. The van der Waals surface area contributed by atoms with Crippen LogP contribution in [0.15, 0.2) is 60.8 Å². The molecule has 2 aromatic carbocycles. The Bertz CT molecular complexity index is 898. The molecular formula is C19H15FN2O. The van der Waals surface area contributed by atoms with Gasteiger partial charge in [0.2, 0.25) is 5.91 Å². The molecule has 0 radical (unpaired) electrons. The second kappa shape index (κ2) is 6.40. The van der Waals surface area contributed by atoms with E-state index in [0.29, 0.717) is 0 Å². The maximum absolute atomic E-state index is 13.7. The van der Waals surface area contributed by atoms with Crippen molar-refractivity contribution in [2.75, 3.05) is 5.32 Å². The minimum absolute atomic E-state index is 0.168. The Morgan fingerprint density at radius 2 is 2.00 bits per heavy atom. The van der Waals surface area contributed by atoms with Gasteiger partial charge in [-0.3, -0.25) is 9.78 Å². The van der Waals surface area contributed by atoms with Gasteiger partial charge in [0.15, 0.2) is 0 Å². The number of amides is 1. The van der Waals surface area contributed by atoms with Gasteiger partial charge in [-0.15, -0.1) is 0 Å². The van der Waals surface area contributed by atoms with Crippen molar-refractivity contribution >= 4 is 28.6 Å². The van der Waals surface area contributed by atoms with Crippen molar-refractivity contribution in [3.05, 3.63) is 77.7 Å². The zero-order valence-electron chi connectivity index (χ0n) is 12.6. The summed E-state index contributed by atoms with van der Waals surface area (Å²) < 4.78 is 13.7. The number of carbonyl (C=O) groups is 1. The van der Waals surface area contributed by atoms with Crippen LogP contribution >= 0.6 is 0 Å². The third-order valence-corrected chi connectivity index (χ3v) is 3.46. The number of nitrogens with zero attached hydrogens (tertiary/aromatic N) is 1. The van der Waals surface area contributed by atoms with Crippen molar-refractivity contribution in [2.45, 2.75) is 6.92 Å². The second-order valence-electron chi connectivity index (χ2n) is 5.23. The highest BCUT2D eigenvalue weighted by Crippen LogP contribution is 2.18. The van der Waals surface area contributed by atoms with E-state index in [1.165, 1.54) is 12.1 Å². The fourth-order valence-electron chi connectivity index (χ4n) is 2.32. The summed E-state index contributed by atoms with van der Waals surface area (Å²) in [4.78, 5) is 16.3. The largest absolute Gasteiger partial charge is 0.320 e. The lowest BCUT2D eigenvalue weighted by Crippen LogP contribution is -2.09. The predicted octanol–water partition coefficient (Wildman–Crippen LogP) is 4.33. The number of pyridine rings is 1. The molecule has 1 heterocycles. The first-order chi connectivity index (χ1) is 11.1. The van der Waals surface area contributed by atoms with Gasteiger partial charge in [-0.1, -0.05) is 30.3 Å². The highest BCUT2D eigenvalue weighted by atomic mass is 19.1. The number of para-hydroxylation sites is 1. The van der Waals surface area contributed by atoms with Crippen LogP contribution in [0, 0.1) is 12.7 Å². The first kappa shape index (κ1) is 14.9. The maximum atomic E-state index is 13.7. The molecule has 0 aliphatic rings. The lowest BCUT2D eigenvalue weighted by Gasteiger charge is -2.05. The molecule has 0 unspecified atom stereocenters. The van der Waals surface area contributed by atoms with Gasteiger partial charge in [0, 0.05) is 23.2 Å². The van der Waals surface area contributed by atoms with Crippen LogP contribution < -0.4 is 5.32 Å². The van der Waals surface area contributed by atoms with E-state index in [1.54, 1.807) is 31.3 Å². The normalized spacial score (nSPS) is 11.0. The third kappa shape index (κ3) is 3.43. The Hall–Kier alpha value is -3.01. The minimum atomic E-state index is -0.446. The Kier molecular flexibility index (Phi) is 4.15. The molecule has 0 aliphatic carbocycles. The average molecular weight is 306 g/mol. The van der Waals surface area contributed by atoms with E-state index in [4.69, 9.17) is 0 Å². The lowest BCUT2D eigenvalue weighted by molar-refractivity contribution is -0.111. The quantitative estimate of drug-likeness (QED) is 0.732. The van der Waals surface area contributed by atoms with E-state index in [0.717, 1.165) is 22.0 Å². The highest BCUT2D eigenvalue weighted by Gasteiger charge is 2.05. The summed E-state index contributed by atoms with van der Waals surface area (Å²) in [5, 5.41) is 3.53. The topological polar surface area (TPSA) is 42.0 Å². The van der Waals surface area contributed by atoms with E-state index in [-0.39, 0.29) is 11.6 Å². The summed E-state index contributed by atoms with van der Waals surface area (Å²) in [5.41, 5.74) is 2.63. The number of carbonyl (C=O) groups excluding carboxylic acids is 1. The van der Waals surface area contributed by atoms with Crippen molar-refractivity contribution < 1.29 is 9.18 Å². The molecule has 4 heteroatoms. The van der Waals surface area contributed by atoms with E-state index in [9.17, 15) is 9.18 Å². The molecule has 0 atom stereocenters. The first-order valence-electron chi connectivity index (χ1n) is 7.22. The highest BCUT2D eigenvalue weighted by molar-refractivity contribution is 6.03. The number of hydrogen-bond acceptors (Lipinski definition) is 2. The first-order valence-corrected chi connectivity index (χ1v) is 7.22. The number of aromatic nitrogens is 1. The van der Waals surface area contributed by atoms with Crippen molar-refractivity contribution in [3.8, 4) is 0 Å². The summed E-state index contributed by atoms with van der Waals surface area (Å²) in [6.07, 6.45) is 4.76. The summed E-state index contributed by atoms with van der Waals surface area (Å²) in [7, 11) is 0. The van der Waals surface area contributed by atoms with Crippen molar-refractivity contribution in [1.29, 1.82) is 0 Å². The van der Waals surface area contributed by atoms with Gasteiger partial charge in [0.05, 0.1) is 11.2 Å². The number of nitrogens with one attached hydrogen (secondary N) is 1.